The summed E-state index contributed by atoms with van der Waals surface area (Å²) in [6.07, 6.45) is 8.69. The monoisotopic (exact) mass is 169 g/mol. The van der Waals surface area contributed by atoms with E-state index in [1.165, 1.54) is 38.5 Å². The minimum absolute atomic E-state index is 0.327. The van der Waals surface area contributed by atoms with Crippen LogP contribution in [0.5, 0.6) is 0 Å². The van der Waals surface area contributed by atoms with Crippen LogP contribution in [0.1, 0.15) is 38.5 Å². The molecule has 1 heterocycles. The Labute approximate surface area is 74.5 Å². The number of rotatable bonds is 3. The first-order valence-corrected chi connectivity index (χ1v) is 5.23. The molecule has 2 fully saturated rings. The molecule has 0 radical (unpaired) electrons. The second-order valence-corrected chi connectivity index (χ2v) is 4.28. The zero-order valence-corrected chi connectivity index (χ0v) is 7.67. The normalized spacial score (nSPS) is 33.2. The summed E-state index contributed by atoms with van der Waals surface area (Å²) in [5.41, 5.74) is 5.98. The van der Waals surface area contributed by atoms with Gasteiger partial charge in [-0.15, -0.1) is 0 Å². The fourth-order valence-corrected chi connectivity index (χ4v) is 2.26. The molecule has 2 N–H and O–H groups in total. The Morgan fingerprint density at radius 3 is 2.50 bits per heavy atom. The summed E-state index contributed by atoms with van der Waals surface area (Å²) in [5.74, 6) is 0.901. The quantitative estimate of drug-likeness (QED) is 0.653. The lowest BCUT2D eigenvalue weighted by Gasteiger charge is -2.23. The highest BCUT2D eigenvalue weighted by atomic mass is 16.6. The van der Waals surface area contributed by atoms with Crippen LogP contribution in [-0.4, -0.2) is 18.8 Å². The molecular formula is C10H19NO. The van der Waals surface area contributed by atoms with Crippen molar-refractivity contribution in [3.8, 4) is 0 Å². The highest BCUT2D eigenvalue weighted by Gasteiger charge is 2.31. The molecule has 2 heteroatoms. The van der Waals surface area contributed by atoms with Crippen molar-refractivity contribution < 1.29 is 4.74 Å². The molecule has 0 bridgehead atoms. The second-order valence-electron chi connectivity index (χ2n) is 4.28. The van der Waals surface area contributed by atoms with E-state index in [9.17, 15) is 0 Å². The van der Waals surface area contributed by atoms with Crippen molar-refractivity contribution in [2.45, 2.75) is 50.7 Å². The lowest BCUT2D eigenvalue weighted by atomic mass is 9.84. The van der Waals surface area contributed by atoms with Gasteiger partial charge in [-0.2, -0.15) is 0 Å². The summed E-state index contributed by atoms with van der Waals surface area (Å²) in [6, 6.07) is 0.327. The van der Waals surface area contributed by atoms with Gasteiger partial charge < -0.3 is 10.5 Å². The first-order valence-electron chi connectivity index (χ1n) is 5.23. The number of hydrogen-bond donors (Lipinski definition) is 1. The predicted octanol–water partition coefficient (Wildman–Crippen LogP) is 1.68. The maximum absolute atomic E-state index is 5.98. The fraction of sp³-hybridized carbons (Fsp3) is 1.00. The van der Waals surface area contributed by atoms with E-state index in [0.29, 0.717) is 12.1 Å². The third-order valence-corrected chi connectivity index (χ3v) is 3.17. The van der Waals surface area contributed by atoms with Crippen molar-refractivity contribution in [2.24, 2.45) is 11.7 Å². The third kappa shape index (κ3) is 2.20. The van der Waals surface area contributed by atoms with Gasteiger partial charge >= 0.3 is 0 Å². The summed E-state index contributed by atoms with van der Waals surface area (Å²) >= 11 is 0. The lowest BCUT2D eigenvalue weighted by molar-refractivity contribution is 0.285. The molecule has 2 atom stereocenters. The summed E-state index contributed by atoms with van der Waals surface area (Å²) in [7, 11) is 0. The molecule has 0 unspecified atom stereocenters. The lowest BCUT2D eigenvalue weighted by Crippen LogP contribution is -2.30. The number of hydrogen-bond acceptors (Lipinski definition) is 2. The van der Waals surface area contributed by atoms with Crippen molar-refractivity contribution in [3.63, 3.8) is 0 Å². The van der Waals surface area contributed by atoms with Gasteiger partial charge in [0, 0.05) is 6.04 Å². The molecule has 2 nitrogen and oxygen atoms in total. The molecule has 1 saturated heterocycles. The zero-order chi connectivity index (χ0) is 8.39. The molecular weight excluding hydrogens is 150 g/mol. The Kier molecular flexibility index (Phi) is 2.66. The largest absolute Gasteiger partial charge is 0.371 e. The van der Waals surface area contributed by atoms with Crippen LogP contribution in [0.25, 0.3) is 0 Å². The third-order valence-electron chi connectivity index (χ3n) is 3.17. The molecule has 0 amide bonds. The van der Waals surface area contributed by atoms with Gasteiger partial charge in [0.2, 0.25) is 0 Å². The zero-order valence-electron chi connectivity index (χ0n) is 7.67. The van der Waals surface area contributed by atoms with Crippen molar-refractivity contribution in [2.75, 3.05) is 6.61 Å². The van der Waals surface area contributed by atoms with E-state index < -0.39 is 0 Å². The number of ether oxygens (including phenoxy) is 1. The summed E-state index contributed by atoms with van der Waals surface area (Å²) < 4.78 is 5.19. The average Bonchev–Trinajstić information content (AvgIpc) is 2.88. The molecule has 0 spiro atoms. The highest BCUT2D eigenvalue weighted by molar-refractivity contribution is 4.84. The average molecular weight is 169 g/mol. The minimum Gasteiger partial charge on any atom is -0.371 e. The summed E-state index contributed by atoms with van der Waals surface area (Å²) in [4.78, 5) is 0. The van der Waals surface area contributed by atoms with Crippen LogP contribution in [-0.2, 0) is 4.74 Å². The van der Waals surface area contributed by atoms with Crippen LogP contribution in [0.3, 0.4) is 0 Å². The van der Waals surface area contributed by atoms with Crippen molar-refractivity contribution in [1.29, 1.82) is 0 Å². The molecule has 0 aromatic heterocycles. The Morgan fingerprint density at radius 1 is 1.25 bits per heavy atom. The molecule has 1 aliphatic carbocycles. The fourth-order valence-electron chi connectivity index (χ4n) is 2.26. The van der Waals surface area contributed by atoms with Crippen molar-refractivity contribution in [3.05, 3.63) is 0 Å². The number of nitrogens with two attached hydrogens (primary N) is 1. The van der Waals surface area contributed by atoms with E-state index in [4.69, 9.17) is 10.5 Å². The molecule has 1 saturated carbocycles. The van der Waals surface area contributed by atoms with E-state index in [-0.39, 0.29) is 0 Å². The molecule has 0 aromatic rings. The Bertz CT molecular complexity index is 139. The minimum atomic E-state index is 0.327. The maximum Gasteiger partial charge on any atom is 0.0960 e. The van der Waals surface area contributed by atoms with Gasteiger partial charge in [-0.25, -0.2) is 0 Å². The molecule has 2 aliphatic rings. The van der Waals surface area contributed by atoms with Crippen LogP contribution in [0, 0.1) is 5.92 Å². The standard InChI is InChI=1S/C10H19NO/c11-9(10-7-12-10)6-8-4-2-1-3-5-8/h8-10H,1-7,11H2/t9-,10+/m0/s1. The SMILES string of the molecule is N[C@@H](CC1CCCCC1)[C@H]1CO1. The van der Waals surface area contributed by atoms with Crippen LogP contribution < -0.4 is 5.73 Å². The summed E-state index contributed by atoms with van der Waals surface area (Å²) in [5, 5.41) is 0. The Hall–Kier alpha value is -0.0800. The van der Waals surface area contributed by atoms with E-state index in [1.54, 1.807) is 0 Å². The molecule has 0 aromatic carbocycles. The van der Waals surface area contributed by atoms with Gasteiger partial charge in [-0.1, -0.05) is 32.1 Å². The topological polar surface area (TPSA) is 38.5 Å². The van der Waals surface area contributed by atoms with Gasteiger partial charge in [0.05, 0.1) is 12.7 Å². The van der Waals surface area contributed by atoms with Gasteiger partial charge in [-0.3, -0.25) is 0 Å². The molecule has 1 aliphatic heterocycles. The highest BCUT2D eigenvalue weighted by Crippen LogP contribution is 2.29. The molecule has 70 valence electrons. The Morgan fingerprint density at radius 2 is 1.92 bits per heavy atom. The van der Waals surface area contributed by atoms with Gasteiger partial charge in [0.15, 0.2) is 0 Å². The van der Waals surface area contributed by atoms with Crippen LogP contribution in [0.2, 0.25) is 0 Å². The van der Waals surface area contributed by atoms with Crippen LogP contribution >= 0.6 is 0 Å². The molecule has 2 rings (SSSR count). The summed E-state index contributed by atoms with van der Waals surface area (Å²) in [6.45, 7) is 0.911. The van der Waals surface area contributed by atoms with Gasteiger partial charge in [-0.05, 0) is 12.3 Å². The van der Waals surface area contributed by atoms with E-state index >= 15 is 0 Å². The van der Waals surface area contributed by atoms with Crippen LogP contribution in [0.4, 0.5) is 0 Å². The van der Waals surface area contributed by atoms with Gasteiger partial charge in [0.1, 0.15) is 0 Å². The van der Waals surface area contributed by atoms with E-state index in [0.717, 1.165) is 12.5 Å². The maximum atomic E-state index is 5.98. The van der Waals surface area contributed by atoms with Gasteiger partial charge in [0.25, 0.3) is 0 Å². The van der Waals surface area contributed by atoms with E-state index in [1.807, 2.05) is 0 Å². The van der Waals surface area contributed by atoms with E-state index in [2.05, 4.69) is 0 Å². The smallest absolute Gasteiger partial charge is 0.0960 e. The molecule has 12 heavy (non-hydrogen) atoms. The first-order chi connectivity index (χ1) is 5.86. The first kappa shape index (κ1) is 8.52. The number of epoxide rings is 1. The second kappa shape index (κ2) is 3.75. The van der Waals surface area contributed by atoms with Crippen molar-refractivity contribution in [1.82, 2.24) is 0 Å². The predicted molar refractivity (Wildman–Crippen MR) is 48.9 cm³/mol. The Balaban J connectivity index is 1.69. The van der Waals surface area contributed by atoms with Crippen LogP contribution in [0.15, 0.2) is 0 Å². The van der Waals surface area contributed by atoms with Crippen molar-refractivity contribution >= 4 is 0 Å².